The van der Waals surface area contributed by atoms with E-state index in [0.29, 0.717) is 32.0 Å². The number of anilines is 2. The van der Waals surface area contributed by atoms with E-state index in [2.05, 4.69) is 20.8 Å². The van der Waals surface area contributed by atoms with Gasteiger partial charge in [0.2, 0.25) is 5.91 Å². The third-order valence-corrected chi connectivity index (χ3v) is 3.61. The first-order chi connectivity index (χ1) is 9.78. The van der Waals surface area contributed by atoms with E-state index in [1.807, 2.05) is 6.07 Å². The number of aromatic nitrogens is 2. The molecule has 0 N–H and O–H groups in total. The molecule has 1 aromatic heterocycles. The first-order valence-corrected chi connectivity index (χ1v) is 6.69. The molecule has 0 radical (unpaired) electrons. The van der Waals surface area contributed by atoms with Crippen LogP contribution in [0.25, 0.3) is 0 Å². The van der Waals surface area contributed by atoms with Gasteiger partial charge in [0.1, 0.15) is 18.0 Å². The monoisotopic (exact) mass is 272 g/mol. The van der Waals surface area contributed by atoms with Crippen molar-refractivity contribution in [2.75, 3.05) is 42.6 Å². The van der Waals surface area contributed by atoms with E-state index in [9.17, 15) is 4.79 Å². The molecule has 3 rings (SSSR count). The Morgan fingerprint density at radius 3 is 2.75 bits per heavy atom. The normalized spacial score (nSPS) is 22.9. The standard InChI is InChI=1S/C14H16N4O2/c1-2-11-7-14(19)18(9-11)13-8-12(15-10-16-13)17-3-5-20-6-4-17/h1,8,10-11H,3-7,9H2. The SMILES string of the molecule is C#CC1CC(=O)N(c2cc(N3CCOCC3)ncn2)C1. The molecule has 6 heteroatoms. The number of rotatable bonds is 2. The van der Waals surface area contributed by atoms with Crippen LogP contribution in [-0.4, -0.2) is 48.7 Å². The molecule has 0 bridgehead atoms. The number of carbonyl (C=O) groups is 1. The van der Waals surface area contributed by atoms with Crippen LogP contribution >= 0.6 is 0 Å². The van der Waals surface area contributed by atoms with Gasteiger partial charge < -0.3 is 9.64 Å². The number of morpholine rings is 1. The number of ether oxygens (including phenoxy) is 1. The highest BCUT2D eigenvalue weighted by molar-refractivity contribution is 5.95. The molecule has 2 saturated heterocycles. The van der Waals surface area contributed by atoms with E-state index < -0.39 is 0 Å². The fraction of sp³-hybridized carbons (Fsp3) is 0.500. The summed E-state index contributed by atoms with van der Waals surface area (Å²) >= 11 is 0. The molecule has 2 aliphatic rings. The summed E-state index contributed by atoms with van der Waals surface area (Å²) in [6.07, 6.45) is 7.29. The predicted octanol–water partition coefficient (Wildman–Crippen LogP) is 0.299. The smallest absolute Gasteiger partial charge is 0.229 e. The van der Waals surface area contributed by atoms with Crippen molar-refractivity contribution in [1.82, 2.24) is 9.97 Å². The summed E-state index contributed by atoms with van der Waals surface area (Å²) < 4.78 is 5.33. The maximum Gasteiger partial charge on any atom is 0.229 e. The van der Waals surface area contributed by atoms with Gasteiger partial charge in [-0.25, -0.2) is 9.97 Å². The molecule has 20 heavy (non-hydrogen) atoms. The van der Waals surface area contributed by atoms with E-state index in [1.54, 1.807) is 4.90 Å². The maximum atomic E-state index is 12.0. The van der Waals surface area contributed by atoms with E-state index in [-0.39, 0.29) is 11.8 Å². The lowest BCUT2D eigenvalue weighted by Crippen LogP contribution is -2.37. The van der Waals surface area contributed by atoms with E-state index in [0.717, 1.165) is 18.9 Å². The molecule has 1 amide bonds. The Morgan fingerprint density at radius 2 is 2.05 bits per heavy atom. The molecule has 0 aliphatic carbocycles. The summed E-state index contributed by atoms with van der Waals surface area (Å²) in [7, 11) is 0. The van der Waals surface area contributed by atoms with Crippen molar-refractivity contribution < 1.29 is 9.53 Å². The summed E-state index contributed by atoms with van der Waals surface area (Å²) in [6.45, 7) is 3.53. The third kappa shape index (κ3) is 2.45. The number of hydrogen-bond donors (Lipinski definition) is 0. The molecule has 1 atom stereocenters. The molecule has 6 nitrogen and oxygen atoms in total. The van der Waals surface area contributed by atoms with Gasteiger partial charge in [-0.1, -0.05) is 0 Å². The lowest BCUT2D eigenvalue weighted by Gasteiger charge is -2.28. The van der Waals surface area contributed by atoms with Crippen LogP contribution in [0.5, 0.6) is 0 Å². The third-order valence-electron chi connectivity index (χ3n) is 3.61. The molecule has 1 aromatic rings. The van der Waals surface area contributed by atoms with Gasteiger partial charge in [-0.05, 0) is 0 Å². The Kier molecular flexibility index (Phi) is 3.52. The van der Waals surface area contributed by atoms with Gasteiger partial charge in [-0.3, -0.25) is 9.69 Å². The van der Waals surface area contributed by atoms with Crippen molar-refractivity contribution >= 4 is 17.5 Å². The van der Waals surface area contributed by atoms with Gasteiger partial charge in [0.15, 0.2) is 0 Å². The van der Waals surface area contributed by atoms with Crippen molar-refractivity contribution in [1.29, 1.82) is 0 Å². The average Bonchev–Trinajstić information content (AvgIpc) is 2.89. The maximum absolute atomic E-state index is 12.0. The van der Waals surface area contributed by atoms with Gasteiger partial charge in [-0.2, -0.15) is 0 Å². The van der Waals surface area contributed by atoms with Crippen LogP contribution < -0.4 is 9.80 Å². The summed E-state index contributed by atoms with van der Waals surface area (Å²) in [6, 6.07) is 1.85. The Bertz CT molecular complexity index is 548. The van der Waals surface area contributed by atoms with Gasteiger partial charge >= 0.3 is 0 Å². The quantitative estimate of drug-likeness (QED) is 0.725. The fourth-order valence-electron chi connectivity index (χ4n) is 2.49. The highest BCUT2D eigenvalue weighted by Gasteiger charge is 2.30. The second-order valence-corrected chi connectivity index (χ2v) is 4.91. The van der Waals surface area contributed by atoms with Crippen LogP contribution in [0.4, 0.5) is 11.6 Å². The predicted molar refractivity (Wildman–Crippen MR) is 74.4 cm³/mol. The molecule has 2 fully saturated rings. The minimum atomic E-state index is -0.0238. The van der Waals surface area contributed by atoms with Crippen molar-refractivity contribution in [2.45, 2.75) is 6.42 Å². The second kappa shape index (κ2) is 5.47. The molecule has 3 heterocycles. The summed E-state index contributed by atoms with van der Waals surface area (Å²) in [5.74, 6) is 4.10. The number of carbonyl (C=O) groups excluding carboxylic acids is 1. The molecule has 1 unspecified atom stereocenters. The second-order valence-electron chi connectivity index (χ2n) is 4.91. The molecule has 0 saturated carbocycles. The molecular formula is C14H16N4O2. The highest BCUT2D eigenvalue weighted by Crippen LogP contribution is 2.25. The zero-order chi connectivity index (χ0) is 13.9. The Balaban J connectivity index is 1.81. The molecule has 0 spiro atoms. The van der Waals surface area contributed by atoms with Crippen LogP contribution in [-0.2, 0) is 9.53 Å². The molecule has 104 valence electrons. The van der Waals surface area contributed by atoms with Crippen LogP contribution in [0.1, 0.15) is 6.42 Å². The van der Waals surface area contributed by atoms with Crippen molar-refractivity contribution in [3.8, 4) is 12.3 Å². The van der Waals surface area contributed by atoms with Crippen molar-refractivity contribution in [3.63, 3.8) is 0 Å². The summed E-state index contributed by atoms with van der Waals surface area (Å²) in [4.78, 5) is 24.2. The number of terminal acetylenes is 1. The number of hydrogen-bond acceptors (Lipinski definition) is 5. The van der Waals surface area contributed by atoms with Crippen molar-refractivity contribution in [3.05, 3.63) is 12.4 Å². The Morgan fingerprint density at radius 1 is 1.30 bits per heavy atom. The largest absolute Gasteiger partial charge is 0.378 e. The topological polar surface area (TPSA) is 58.6 Å². The first-order valence-electron chi connectivity index (χ1n) is 6.69. The number of amides is 1. The molecule has 2 aliphatic heterocycles. The molecule has 0 aromatic carbocycles. The fourth-order valence-corrected chi connectivity index (χ4v) is 2.49. The van der Waals surface area contributed by atoms with Crippen LogP contribution in [0, 0.1) is 18.3 Å². The van der Waals surface area contributed by atoms with Crippen LogP contribution in [0.3, 0.4) is 0 Å². The Labute approximate surface area is 117 Å². The van der Waals surface area contributed by atoms with Crippen LogP contribution in [0.2, 0.25) is 0 Å². The highest BCUT2D eigenvalue weighted by atomic mass is 16.5. The van der Waals surface area contributed by atoms with Gasteiger partial charge in [0.25, 0.3) is 0 Å². The van der Waals surface area contributed by atoms with E-state index in [1.165, 1.54) is 6.33 Å². The molecular weight excluding hydrogens is 256 g/mol. The number of nitrogens with zero attached hydrogens (tertiary/aromatic N) is 4. The van der Waals surface area contributed by atoms with Gasteiger partial charge in [0.05, 0.1) is 13.2 Å². The first kappa shape index (κ1) is 12.9. The van der Waals surface area contributed by atoms with E-state index in [4.69, 9.17) is 11.2 Å². The lowest BCUT2D eigenvalue weighted by molar-refractivity contribution is -0.117. The van der Waals surface area contributed by atoms with Crippen molar-refractivity contribution in [2.24, 2.45) is 5.92 Å². The minimum Gasteiger partial charge on any atom is -0.378 e. The van der Waals surface area contributed by atoms with Gasteiger partial charge in [0, 0.05) is 38.0 Å². The Hall–Kier alpha value is -2.13. The van der Waals surface area contributed by atoms with E-state index >= 15 is 0 Å². The minimum absolute atomic E-state index is 0.0238. The van der Waals surface area contributed by atoms with Crippen LogP contribution in [0.15, 0.2) is 12.4 Å². The average molecular weight is 272 g/mol. The summed E-state index contributed by atoms with van der Waals surface area (Å²) in [5, 5.41) is 0. The summed E-state index contributed by atoms with van der Waals surface area (Å²) in [5.41, 5.74) is 0. The zero-order valence-corrected chi connectivity index (χ0v) is 11.2. The zero-order valence-electron chi connectivity index (χ0n) is 11.2. The lowest BCUT2D eigenvalue weighted by atomic mass is 10.1. The van der Waals surface area contributed by atoms with Gasteiger partial charge in [-0.15, -0.1) is 12.3 Å².